The van der Waals surface area contributed by atoms with Gasteiger partial charge in [-0.3, -0.25) is 9.69 Å². The summed E-state index contributed by atoms with van der Waals surface area (Å²) in [7, 11) is 3.93. The normalized spacial score (nSPS) is 33.3. The number of rotatable bonds is 3. The summed E-state index contributed by atoms with van der Waals surface area (Å²) in [5.74, 6) is 0.444. The third-order valence-electron chi connectivity index (χ3n) is 4.65. The van der Waals surface area contributed by atoms with Crippen molar-refractivity contribution in [3.8, 4) is 0 Å². The Morgan fingerprint density at radius 2 is 2.06 bits per heavy atom. The molecule has 104 valence electrons. The summed E-state index contributed by atoms with van der Waals surface area (Å²) in [5.41, 5.74) is -0.580. The van der Waals surface area contributed by atoms with Gasteiger partial charge in [-0.1, -0.05) is 0 Å². The Labute approximate surface area is 110 Å². The summed E-state index contributed by atoms with van der Waals surface area (Å²) in [6, 6.07) is 0. The van der Waals surface area contributed by atoms with Crippen LogP contribution in [0, 0.1) is 5.92 Å². The molecule has 2 aliphatic heterocycles. The molecule has 2 rings (SSSR count). The quantitative estimate of drug-likeness (QED) is 0.766. The number of Topliss-reactive ketones (excluding diaryl/α,β-unsaturated/α-hetero) is 1. The lowest BCUT2D eigenvalue weighted by Crippen LogP contribution is -2.52. The van der Waals surface area contributed by atoms with Crippen LogP contribution in [0.25, 0.3) is 0 Å². The van der Waals surface area contributed by atoms with Crippen molar-refractivity contribution in [1.82, 2.24) is 4.90 Å². The molecule has 0 radical (unpaired) electrons. The second kappa shape index (κ2) is 4.91. The van der Waals surface area contributed by atoms with Gasteiger partial charge in [0.1, 0.15) is 0 Å². The van der Waals surface area contributed by atoms with Crippen LogP contribution < -0.4 is 0 Å². The van der Waals surface area contributed by atoms with Crippen LogP contribution in [0.5, 0.6) is 0 Å². The van der Waals surface area contributed by atoms with Gasteiger partial charge in [0, 0.05) is 25.6 Å². The minimum Gasteiger partial charge on any atom is -0.378 e. The fraction of sp³-hybridized carbons (Fsp3) is 0.929. The number of nitrogens with zero attached hydrogens (tertiary/aromatic N) is 1. The zero-order valence-corrected chi connectivity index (χ0v) is 12.0. The van der Waals surface area contributed by atoms with E-state index in [9.17, 15) is 4.79 Å². The Hall–Kier alpha value is -0.450. The van der Waals surface area contributed by atoms with Crippen molar-refractivity contribution in [1.29, 1.82) is 0 Å². The van der Waals surface area contributed by atoms with E-state index >= 15 is 0 Å². The van der Waals surface area contributed by atoms with E-state index in [4.69, 9.17) is 9.47 Å². The number of hydrogen-bond acceptors (Lipinski definition) is 4. The predicted octanol–water partition coefficient (Wildman–Crippen LogP) is 1.48. The summed E-state index contributed by atoms with van der Waals surface area (Å²) >= 11 is 0. The molecule has 0 saturated carbocycles. The highest BCUT2D eigenvalue weighted by atomic mass is 16.6. The van der Waals surface area contributed by atoms with E-state index in [2.05, 4.69) is 0 Å². The van der Waals surface area contributed by atoms with Crippen molar-refractivity contribution < 1.29 is 14.3 Å². The minimum absolute atomic E-state index is 0.109. The standard InChI is InChI=1S/C14H25NO3/c1-13(2,15(3)4)12(16)11-5-7-18-14(9-11)6-8-17-10-14/h11H,5-10H2,1-4H3. The predicted molar refractivity (Wildman–Crippen MR) is 69.6 cm³/mol. The lowest BCUT2D eigenvalue weighted by molar-refractivity contribution is -0.145. The SMILES string of the molecule is CN(C)C(C)(C)C(=O)C1CCOC2(CCOC2)C1. The fourth-order valence-corrected chi connectivity index (χ4v) is 2.83. The Morgan fingerprint density at radius 1 is 1.33 bits per heavy atom. The van der Waals surface area contributed by atoms with Gasteiger partial charge in [0.25, 0.3) is 0 Å². The molecular weight excluding hydrogens is 230 g/mol. The lowest BCUT2D eigenvalue weighted by atomic mass is 9.77. The first kappa shape index (κ1) is 14.0. The van der Waals surface area contributed by atoms with Crippen LogP contribution >= 0.6 is 0 Å². The van der Waals surface area contributed by atoms with Crippen LogP contribution in [0.4, 0.5) is 0 Å². The van der Waals surface area contributed by atoms with E-state index in [0.29, 0.717) is 19.0 Å². The monoisotopic (exact) mass is 255 g/mol. The third kappa shape index (κ3) is 2.46. The minimum atomic E-state index is -0.400. The second-order valence-corrected chi connectivity index (χ2v) is 6.34. The van der Waals surface area contributed by atoms with Gasteiger partial charge in [-0.15, -0.1) is 0 Å². The average molecular weight is 255 g/mol. The molecule has 0 aromatic heterocycles. The van der Waals surface area contributed by atoms with Crippen LogP contribution in [-0.2, 0) is 14.3 Å². The topological polar surface area (TPSA) is 38.8 Å². The molecule has 2 saturated heterocycles. The van der Waals surface area contributed by atoms with Crippen LogP contribution in [0.2, 0.25) is 0 Å². The molecule has 0 bridgehead atoms. The smallest absolute Gasteiger partial charge is 0.155 e. The highest BCUT2D eigenvalue weighted by Gasteiger charge is 2.45. The number of carbonyl (C=O) groups is 1. The largest absolute Gasteiger partial charge is 0.378 e. The third-order valence-corrected chi connectivity index (χ3v) is 4.65. The molecule has 2 aliphatic rings. The van der Waals surface area contributed by atoms with Gasteiger partial charge in [-0.2, -0.15) is 0 Å². The van der Waals surface area contributed by atoms with E-state index in [1.54, 1.807) is 0 Å². The maximum atomic E-state index is 12.7. The molecule has 4 heteroatoms. The molecule has 2 atom stereocenters. The van der Waals surface area contributed by atoms with Gasteiger partial charge in [0.2, 0.25) is 0 Å². The molecule has 0 amide bonds. The second-order valence-electron chi connectivity index (χ2n) is 6.34. The zero-order chi connectivity index (χ0) is 13.4. The van der Waals surface area contributed by atoms with Crippen molar-refractivity contribution in [3.05, 3.63) is 0 Å². The molecule has 2 fully saturated rings. The van der Waals surface area contributed by atoms with Gasteiger partial charge in [0.15, 0.2) is 5.78 Å². The Balaban J connectivity index is 2.07. The first-order valence-electron chi connectivity index (χ1n) is 6.81. The van der Waals surface area contributed by atoms with Gasteiger partial charge >= 0.3 is 0 Å². The highest BCUT2D eigenvalue weighted by Crippen LogP contribution is 2.37. The van der Waals surface area contributed by atoms with Crippen LogP contribution in [0.3, 0.4) is 0 Å². The number of ether oxygens (including phenoxy) is 2. The lowest BCUT2D eigenvalue weighted by Gasteiger charge is -2.40. The molecule has 0 N–H and O–H groups in total. The molecule has 2 heterocycles. The van der Waals surface area contributed by atoms with E-state index in [1.165, 1.54) is 0 Å². The Kier molecular flexibility index (Phi) is 3.81. The molecular formula is C14H25NO3. The molecule has 2 unspecified atom stereocenters. The highest BCUT2D eigenvalue weighted by molar-refractivity contribution is 5.89. The number of carbonyl (C=O) groups excluding carboxylic acids is 1. The Morgan fingerprint density at radius 3 is 2.61 bits per heavy atom. The molecule has 4 nitrogen and oxygen atoms in total. The number of ketones is 1. The summed E-state index contributed by atoms with van der Waals surface area (Å²) in [5, 5.41) is 0. The summed E-state index contributed by atoms with van der Waals surface area (Å²) in [6.07, 6.45) is 2.60. The number of hydrogen-bond donors (Lipinski definition) is 0. The zero-order valence-electron chi connectivity index (χ0n) is 12.0. The molecule has 1 spiro atoms. The van der Waals surface area contributed by atoms with Crippen LogP contribution in [-0.4, -0.2) is 55.7 Å². The average Bonchev–Trinajstić information content (AvgIpc) is 2.76. The van der Waals surface area contributed by atoms with Crippen molar-refractivity contribution in [2.45, 2.75) is 44.2 Å². The van der Waals surface area contributed by atoms with E-state index in [1.807, 2.05) is 32.8 Å². The van der Waals surface area contributed by atoms with Gasteiger partial charge in [-0.05, 0) is 40.8 Å². The fourth-order valence-electron chi connectivity index (χ4n) is 2.83. The molecule has 0 aromatic rings. The van der Waals surface area contributed by atoms with Gasteiger partial charge in [0.05, 0.1) is 17.7 Å². The summed E-state index contributed by atoms with van der Waals surface area (Å²) in [4.78, 5) is 14.7. The van der Waals surface area contributed by atoms with Crippen LogP contribution in [0.1, 0.15) is 33.1 Å². The summed E-state index contributed by atoms with van der Waals surface area (Å²) in [6.45, 7) is 6.10. The maximum absolute atomic E-state index is 12.7. The Bertz CT molecular complexity index is 319. The molecule has 0 aromatic carbocycles. The van der Waals surface area contributed by atoms with Gasteiger partial charge < -0.3 is 9.47 Å². The van der Waals surface area contributed by atoms with Crippen molar-refractivity contribution in [2.75, 3.05) is 33.9 Å². The molecule has 0 aliphatic carbocycles. The van der Waals surface area contributed by atoms with E-state index < -0.39 is 5.54 Å². The van der Waals surface area contributed by atoms with Crippen molar-refractivity contribution >= 4 is 5.78 Å². The maximum Gasteiger partial charge on any atom is 0.155 e. The van der Waals surface area contributed by atoms with Crippen molar-refractivity contribution in [2.24, 2.45) is 5.92 Å². The first-order chi connectivity index (χ1) is 8.37. The van der Waals surface area contributed by atoms with E-state index in [0.717, 1.165) is 25.9 Å². The summed E-state index contributed by atoms with van der Waals surface area (Å²) < 4.78 is 11.3. The van der Waals surface area contributed by atoms with E-state index in [-0.39, 0.29) is 11.5 Å². The van der Waals surface area contributed by atoms with Crippen molar-refractivity contribution in [3.63, 3.8) is 0 Å². The first-order valence-corrected chi connectivity index (χ1v) is 6.81. The van der Waals surface area contributed by atoms with Gasteiger partial charge in [-0.25, -0.2) is 0 Å². The van der Waals surface area contributed by atoms with Crippen LogP contribution in [0.15, 0.2) is 0 Å². The number of likely N-dealkylation sites (N-methyl/N-ethyl adjacent to an activating group) is 1. The molecule has 18 heavy (non-hydrogen) atoms.